The van der Waals surface area contributed by atoms with Crippen LogP contribution in [-0.2, 0) is 14.3 Å². The molecule has 0 saturated carbocycles. The summed E-state index contributed by atoms with van der Waals surface area (Å²) in [5.41, 5.74) is 3.53. The van der Waals surface area contributed by atoms with Crippen molar-refractivity contribution in [1.29, 1.82) is 0 Å². The van der Waals surface area contributed by atoms with E-state index in [1.807, 2.05) is 60.9 Å². The molecule has 1 unspecified atom stereocenters. The quantitative estimate of drug-likeness (QED) is 0.819. The number of amides is 2. The van der Waals surface area contributed by atoms with Crippen molar-refractivity contribution in [3.63, 3.8) is 0 Å². The maximum atomic E-state index is 12.9. The van der Waals surface area contributed by atoms with E-state index >= 15 is 0 Å². The van der Waals surface area contributed by atoms with Crippen LogP contribution in [-0.4, -0.2) is 47.4 Å². The maximum Gasteiger partial charge on any atom is 0.229 e. The van der Waals surface area contributed by atoms with E-state index in [0.29, 0.717) is 25.8 Å². The minimum Gasteiger partial charge on any atom is -0.377 e. The molecular weight excluding hydrogens is 356 g/mol. The fraction of sp³-hybridized carbons (Fsp3) is 0.476. The molecule has 7 nitrogen and oxygen atoms in total. The molecule has 1 aromatic carbocycles. The molecule has 1 atom stereocenters. The van der Waals surface area contributed by atoms with Gasteiger partial charge in [-0.15, -0.1) is 0 Å². The molecule has 2 aliphatic heterocycles. The van der Waals surface area contributed by atoms with Gasteiger partial charge in [-0.05, 0) is 24.6 Å². The molecule has 0 bridgehead atoms. The van der Waals surface area contributed by atoms with Crippen molar-refractivity contribution in [2.45, 2.75) is 39.8 Å². The third-order valence-electron chi connectivity index (χ3n) is 5.44. The number of ether oxygens (including phenoxy) is 1. The van der Waals surface area contributed by atoms with Gasteiger partial charge in [0.2, 0.25) is 11.8 Å². The molecule has 2 aromatic rings. The van der Waals surface area contributed by atoms with Crippen molar-refractivity contribution in [3.05, 3.63) is 30.6 Å². The zero-order chi connectivity index (χ0) is 20.0. The average molecular weight is 382 g/mol. The normalized spacial score (nSPS) is 19.5. The fourth-order valence-electron chi connectivity index (χ4n) is 3.87. The SMILES string of the molecule is CC(=O)N1c2ccc(-c3cnn(C4COC4)c3)cc2N(C(=O)C(C)C)CC1C. The Morgan fingerprint density at radius 3 is 2.54 bits per heavy atom. The Labute approximate surface area is 164 Å². The fourth-order valence-corrected chi connectivity index (χ4v) is 3.87. The second-order valence-electron chi connectivity index (χ2n) is 7.95. The van der Waals surface area contributed by atoms with Crippen LogP contribution in [0.2, 0.25) is 0 Å². The molecule has 28 heavy (non-hydrogen) atoms. The summed E-state index contributed by atoms with van der Waals surface area (Å²) in [6, 6.07) is 6.14. The first kappa shape index (κ1) is 18.7. The first-order chi connectivity index (χ1) is 13.4. The number of carbonyl (C=O) groups excluding carboxylic acids is 2. The van der Waals surface area contributed by atoms with Crippen molar-refractivity contribution < 1.29 is 14.3 Å². The smallest absolute Gasteiger partial charge is 0.229 e. The van der Waals surface area contributed by atoms with Crippen molar-refractivity contribution in [1.82, 2.24) is 9.78 Å². The molecule has 2 amide bonds. The average Bonchev–Trinajstić information content (AvgIpc) is 3.07. The van der Waals surface area contributed by atoms with Crippen molar-refractivity contribution >= 4 is 23.2 Å². The van der Waals surface area contributed by atoms with E-state index in [1.165, 1.54) is 0 Å². The van der Waals surface area contributed by atoms with Gasteiger partial charge in [-0.3, -0.25) is 14.3 Å². The lowest BCUT2D eigenvalue weighted by atomic mass is 10.0. The van der Waals surface area contributed by atoms with E-state index in [0.717, 1.165) is 22.5 Å². The van der Waals surface area contributed by atoms with Crippen LogP contribution in [0.3, 0.4) is 0 Å². The van der Waals surface area contributed by atoms with E-state index < -0.39 is 0 Å². The predicted molar refractivity (Wildman–Crippen MR) is 107 cm³/mol. The monoisotopic (exact) mass is 382 g/mol. The lowest BCUT2D eigenvalue weighted by Crippen LogP contribution is -2.52. The molecule has 4 rings (SSSR count). The van der Waals surface area contributed by atoms with Crippen LogP contribution in [0.4, 0.5) is 11.4 Å². The van der Waals surface area contributed by atoms with Gasteiger partial charge in [0.25, 0.3) is 0 Å². The van der Waals surface area contributed by atoms with Crippen LogP contribution in [0.1, 0.15) is 33.7 Å². The van der Waals surface area contributed by atoms with E-state index in [4.69, 9.17) is 4.74 Å². The number of hydrogen-bond donors (Lipinski definition) is 0. The molecule has 148 valence electrons. The number of benzene rings is 1. The summed E-state index contributed by atoms with van der Waals surface area (Å²) in [5.74, 6) is -0.0688. The van der Waals surface area contributed by atoms with Gasteiger partial charge in [0.15, 0.2) is 0 Å². The number of hydrogen-bond acceptors (Lipinski definition) is 4. The number of fused-ring (bicyclic) bond motifs is 1. The van der Waals surface area contributed by atoms with Crippen LogP contribution in [0.5, 0.6) is 0 Å². The topological polar surface area (TPSA) is 67.7 Å². The molecule has 0 radical (unpaired) electrons. The Balaban J connectivity index is 1.76. The number of rotatable bonds is 3. The van der Waals surface area contributed by atoms with Crippen LogP contribution in [0, 0.1) is 5.92 Å². The number of nitrogens with zero attached hydrogens (tertiary/aromatic N) is 4. The number of anilines is 2. The molecule has 3 heterocycles. The van der Waals surface area contributed by atoms with Gasteiger partial charge in [-0.1, -0.05) is 19.9 Å². The molecule has 2 aliphatic rings. The molecule has 1 aromatic heterocycles. The van der Waals surface area contributed by atoms with E-state index in [-0.39, 0.29) is 23.8 Å². The van der Waals surface area contributed by atoms with Crippen LogP contribution in [0.25, 0.3) is 11.1 Å². The van der Waals surface area contributed by atoms with Crippen LogP contribution < -0.4 is 9.80 Å². The minimum absolute atomic E-state index is 0.0176. The number of carbonyl (C=O) groups is 2. The first-order valence-corrected chi connectivity index (χ1v) is 9.74. The summed E-state index contributed by atoms with van der Waals surface area (Å²) in [5, 5.41) is 4.46. The lowest BCUT2D eigenvalue weighted by Gasteiger charge is -2.41. The van der Waals surface area contributed by atoms with Gasteiger partial charge in [-0.2, -0.15) is 5.10 Å². The second kappa shape index (κ2) is 7.05. The Hall–Kier alpha value is -2.67. The van der Waals surface area contributed by atoms with Crippen molar-refractivity contribution in [2.75, 3.05) is 29.6 Å². The molecule has 0 N–H and O–H groups in total. The van der Waals surface area contributed by atoms with Gasteiger partial charge in [0, 0.05) is 31.1 Å². The summed E-state index contributed by atoms with van der Waals surface area (Å²) in [6.45, 7) is 9.21. The zero-order valence-electron chi connectivity index (χ0n) is 16.8. The van der Waals surface area contributed by atoms with Gasteiger partial charge in [0.05, 0.1) is 42.9 Å². The molecule has 1 saturated heterocycles. The predicted octanol–water partition coefficient (Wildman–Crippen LogP) is 2.87. The highest BCUT2D eigenvalue weighted by Crippen LogP contribution is 2.39. The van der Waals surface area contributed by atoms with Gasteiger partial charge < -0.3 is 14.5 Å². The molecule has 1 fully saturated rings. The Bertz CT molecular complexity index is 916. The summed E-state index contributed by atoms with van der Waals surface area (Å²) in [4.78, 5) is 28.7. The third-order valence-corrected chi connectivity index (χ3v) is 5.44. The van der Waals surface area contributed by atoms with E-state index in [1.54, 1.807) is 11.8 Å². The highest BCUT2D eigenvalue weighted by molar-refractivity contribution is 6.05. The first-order valence-electron chi connectivity index (χ1n) is 9.74. The molecule has 0 spiro atoms. The standard InChI is InChI=1S/C21H26N4O3/c1-13(2)21(27)23-9-14(3)25(15(4)26)19-6-5-16(7-20(19)23)17-8-22-24(10-17)18-11-28-12-18/h5-8,10,13-14,18H,9,11-12H2,1-4H3. The van der Waals surface area contributed by atoms with E-state index in [9.17, 15) is 9.59 Å². The summed E-state index contributed by atoms with van der Waals surface area (Å²) in [7, 11) is 0. The maximum absolute atomic E-state index is 12.9. The van der Waals surface area contributed by atoms with E-state index in [2.05, 4.69) is 5.10 Å². The lowest BCUT2D eigenvalue weighted by molar-refractivity contribution is -0.122. The van der Waals surface area contributed by atoms with Crippen LogP contribution >= 0.6 is 0 Å². The molecular formula is C21H26N4O3. The summed E-state index contributed by atoms with van der Waals surface area (Å²) >= 11 is 0. The van der Waals surface area contributed by atoms with Gasteiger partial charge in [-0.25, -0.2) is 0 Å². The van der Waals surface area contributed by atoms with Gasteiger partial charge >= 0.3 is 0 Å². The van der Waals surface area contributed by atoms with Gasteiger partial charge in [0.1, 0.15) is 0 Å². The van der Waals surface area contributed by atoms with Crippen LogP contribution in [0.15, 0.2) is 30.6 Å². The largest absolute Gasteiger partial charge is 0.377 e. The second-order valence-corrected chi connectivity index (χ2v) is 7.95. The Morgan fingerprint density at radius 1 is 1.18 bits per heavy atom. The third kappa shape index (κ3) is 3.09. The highest BCUT2D eigenvalue weighted by atomic mass is 16.5. The van der Waals surface area contributed by atoms with Crippen molar-refractivity contribution in [3.8, 4) is 11.1 Å². The highest BCUT2D eigenvalue weighted by Gasteiger charge is 2.34. The Morgan fingerprint density at radius 2 is 1.93 bits per heavy atom. The minimum atomic E-state index is -0.117. The Kier molecular flexibility index (Phi) is 4.71. The summed E-state index contributed by atoms with van der Waals surface area (Å²) < 4.78 is 7.17. The summed E-state index contributed by atoms with van der Waals surface area (Å²) in [6.07, 6.45) is 3.85. The molecule has 0 aliphatic carbocycles. The molecule has 7 heteroatoms. The number of aromatic nitrogens is 2. The zero-order valence-corrected chi connectivity index (χ0v) is 16.8. The van der Waals surface area contributed by atoms with Crippen molar-refractivity contribution in [2.24, 2.45) is 5.92 Å².